The molecule has 82 valence electrons. The van der Waals surface area contributed by atoms with Gasteiger partial charge in [0.2, 0.25) is 0 Å². The summed E-state index contributed by atoms with van der Waals surface area (Å²) < 4.78 is 8.32. The van der Waals surface area contributed by atoms with Gasteiger partial charge in [0.05, 0.1) is 12.7 Å². The van der Waals surface area contributed by atoms with E-state index in [0.29, 0.717) is 11.6 Å². The zero-order valence-corrected chi connectivity index (χ0v) is 10.1. The minimum atomic E-state index is 0.356. The van der Waals surface area contributed by atoms with E-state index in [1.54, 1.807) is 0 Å². The van der Waals surface area contributed by atoms with Crippen molar-refractivity contribution in [1.29, 1.82) is 0 Å². The highest BCUT2D eigenvalue weighted by Crippen LogP contribution is 2.45. The maximum Gasteiger partial charge on any atom is 0.0895 e. The highest BCUT2D eigenvalue weighted by Gasteiger charge is 2.53. The minimum absolute atomic E-state index is 0.356. The summed E-state index contributed by atoms with van der Waals surface area (Å²) >= 11 is 1.84. The lowest BCUT2D eigenvalue weighted by Crippen LogP contribution is -2.51. The normalized spacial score (nSPS) is 32.1. The lowest BCUT2D eigenvalue weighted by atomic mass is 10.1. The Morgan fingerprint density at radius 1 is 1.43 bits per heavy atom. The molecule has 1 aliphatic heterocycles. The molecule has 2 rings (SSSR count). The first kappa shape index (κ1) is 10.7. The van der Waals surface area contributed by atoms with E-state index in [4.69, 9.17) is 4.74 Å². The second kappa shape index (κ2) is 4.00. The fourth-order valence-electron chi connectivity index (χ4n) is 2.30. The lowest BCUT2D eigenvalue weighted by molar-refractivity contribution is -0.0505. The van der Waals surface area contributed by atoms with Crippen LogP contribution in [0.5, 0.6) is 0 Å². The molecule has 2 aliphatic rings. The van der Waals surface area contributed by atoms with Crippen LogP contribution in [-0.4, -0.2) is 60.9 Å². The van der Waals surface area contributed by atoms with Crippen LogP contribution in [0.2, 0.25) is 0 Å². The van der Waals surface area contributed by atoms with Crippen LogP contribution in [0.25, 0.3) is 0 Å². The van der Waals surface area contributed by atoms with Gasteiger partial charge in [-0.2, -0.15) is 0 Å². The zero-order valence-electron chi connectivity index (χ0n) is 9.32. The van der Waals surface area contributed by atoms with E-state index in [1.807, 2.05) is 11.9 Å². The molecule has 1 heterocycles. The van der Waals surface area contributed by atoms with Crippen LogP contribution in [0, 0.1) is 0 Å². The molecule has 0 aromatic heterocycles. The molecule has 0 bridgehead atoms. The molecule has 1 aliphatic carbocycles. The van der Waals surface area contributed by atoms with E-state index in [0.717, 1.165) is 19.7 Å². The number of rotatable bonds is 3. The average molecular weight is 216 g/mol. The van der Waals surface area contributed by atoms with E-state index >= 15 is 0 Å². The highest BCUT2D eigenvalue weighted by atomic mass is 32.2. The van der Waals surface area contributed by atoms with Gasteiger partial charge in [-0.3, -0.25) is 0 Å². The second-order valence-corrected chi connectivity index (χ2v) is 5.31. The van der Waals surface area contributed by atoms with Gasteiger partial charge in [0, 0.05) is 18.6 Å². The number of hydrogen-bond donors (Lipinski definition) is 0. The number of nitrogens with zero attached hydrogens (tertiary/aromatic N) is 2. The molecule has 3 nitrogen and oxygen atoms in total. The zero-order chi connectivity index (χ0) is 10.2. The number of hydrogen-bond acceptors (Lipinski definition) is 4. The predicted molar refractivity (Wildman–Crippen MR) is 60.5 cm³/mol. The van der Waals surface area contributed by atoms with Gasteiger partial charge in [-0.15, -0.1) is 0 Å². The predicted octanol–water partition coefficient (Wildman–Crippen LogP) is 1.06. The first-order chi connectivity index (χ1) is 6.69. The number of likely N-dealkylation sites (N-methyl/N-ethyl adjacent to an activating group) is 1. The molecule has 0 unspecified atom stereocenters. The van der Waals surface area contributed by atoms with Crippen LogP contribution < -0.4 is 0 Å². The van der Waals surface area contributed by atoms with Crippen LogP contribution in [0.15, 0.2) is 0 Å². The van der Waals surface area contributed by atoms with Crippen molar-refractivity contribution in [3.8, 4) is 0 Å². The van der Waals surface area contributed by atoms with Crippen molar-refractivity contribution >= 4 is 11.9 Å². The largest absolute Gasteiger partial charge is 0.374 e. The van der Waals surface area contributed by atoms with Gasteiger partial charge in [-0.1, -0.05) is 11.9 Å². The molecule has 0 radical (unpaired) electrons. The van der Waals surface area contributed by atoms with Crippen molar-refractivity contribution in [2.45, 2.75) is 24.5 Å². The Balaban J connectivity index is 1.97. The molecule has 1 atom stereocenters. The van der Waals surface area contributed by atoms with Crippen molar-refractivity contribution in [2.75, 3.05) is 40.0 Å². The Labute approximate surface area is 90.9 Å². The van der Waals surface area contributed by atoms with E-state index in [9.17, 15) is 0 Å². The van der Waals surface area contributed by atoms with Crippen LogP contribution in [0.3, 0.4) is 0 Å². The molecule has 4 heteroatoms. The van der Waals surface area contributed by atoms with Crippen molar-refractivity contribution in [3.05, 3.63) is 0 Å². The van der Waals surface area contributed by atoms with Gasteiger partial charge >= 0.3 is 0 Å². The van der Waals surface area contributed by atoms with Gasteiger partial charge in [0.1, 0.15) is 0 Å². The van der Waals surface area contributed by atoms with Crippen molar-refractivity contribution < 1.29 is 4.74 Å². The van der Waals surface area contributed by atoms with Crippen LogP contribution >= 0.6 is 11.9 Å². The Kier molecular flexibility index (Phi) is 3.07. The van der Waals surface area contributed by atoms with Crippen LogP contribution in [0.4, 0.5) is 0 Å². The number of ether oxygens (including phenoxy) is 1. The van der Waals surface area contributed by atoms with Crippen LogP contribution in [-0.2, 0) is 4.74 Å². The third-order valence-electron chi connectivity index (χ3n) is 3.54. The van der Waals surface area contributed by atoms with E-state index in [1.165, 1.54) is 12.8 Å². The summed E-state index contributed by atoms with van der Waals surface area (Å²) in [6.07, 6.45) is 5.16. The standard InChI is InChI=1S/C10H20N2OS/c1-11(2)10(4-5-10)9-8-12(14-3)6-7-13-9/h9H,4-8H2,1-3H3/t9-/m1/s1. The fourth-order valence-corrected chi connectivity index (χ4v) is 2.84. The molecule has 0 aromatic rings. The van der Waals surface area contributed by atoms with Gasteiger partial charge in [-0.05, 0) is 33.2 Å². The summed E-state index contributed by atoms with van der Waals surface area (Å²) in [6, 6.07) is 0. The topological polar surface area (TPSA) is 15.7 Å². The molecule has 2 fully saturated rings. The van der Waals surface area contributed by atoms with E-state index < -0.39 is 0 Å². The Bertz CT molecular complexity index is 206. The lowest BCUT2D eigenvalue weighted by Gasteiger charge is -2.39. The molecule has 1 saturated heterocycles. The number of morpholine rings is 1. The Hall–Kier alpha value is 0.230. The fraction of sp³-hybridized carbons (Fsp3) is 1.00. The summed E-state index contributed by atoms with van der Waals surface area (Å²) in [7, 11) is 4.35. The highest BCUT2D eigenvalue weighted by molar-refractivity contribution is 7.96. The molecule has 0 aromatic carbocycles. The summed E-state index contributed by atoms with van der Waals surface area (Å²) in [4.78, 5) is 2.35. The van der Waals surface area contributed by atoms with Gasteiger partial charge in [-0.25, -0.2) is 4.31 Å². The molecule has 14 heavy (non-hydrogen) atoms. The van der Waals surface area contributed by atoms with Gasteiger partial charge < -0.3 is 9.64 Å². The van der Waals surface area contributed by atoms with E-state index in [-0.39, 0.29) is 0 Å². The third-order valence-corrected chi connectivity index (χ3v) is 4.39. The first-order valence-electron chi connectivity index (χ1n) is 5.27. The van der Waals surface area contributed by atoms with Gasteiger partial charge in [0.15, 0.2) is 0 Å². The molecule has 0 spiro atoms. The van der Waals surface area contributed by atoms with Gasteiger partial charge in [0.25, 0.3) is 0 Å². The summed E-state index contributed by atoms with van der Waals surface area (Å²) in [6.45, 7) is 3.04. The summed E-state index contributed by atoms with van der Waals surface area (Å²) in [5.41, 5.74) is 0.356. The monoisotopic (exact) mass is 216 g/mol. The molecule has 0 amide bonds. The second-order valence-electron chi connectivity index (χ2n) is 4.43. The SMILES string of the molecule is CSN1CCO[C@@H](C2(N(C)C)CC2)C1. The van der Waals surface area contributed by atoms with Crippen molar-refractivity contribution in [2.24, 2.45) is 0 Å². The summed E-state index contributed by atoms with van der Waals surface area (Å²) in [5, 5.41) is 0. The maximum absolute atomic E-state index is 5.90. The molecule has 1 saturated carbocycles. The minimum Gasteiger partial charge on any atom is -0.374 e. The quantitative estimate of drug-likeness (QED) is 0.655. The first-order valence-corrected chi connectivity index (χ1v) is 6.45. The summed E-state index contributed by atoms with van der Waals surface area (Å²) in [5.74, 6) is 0. The molecule has 0 N–H and O–H groups in total. The third kappa shape index (κ3) is 1.81. The van der Waals surface area contributed by atoms with E-state index in [2.05, 4.69) is 29.6 Å². The Morgan fingerprint density at radius 2 is 2.14 bits per heavy atom. The van der Waals surface area contributed by atoms with Crippen LogP contribution in [0.1, 0.15) is 12.8 Å². The maximum atomic E-state index is 5.90. The van der Waals surface area contributed by atoms with Crippen molar-refractivity contribution in [1.82, 2.24) is 9.21 Å². The molecular weight excluding hydrogens is 196 g/mol. The molecular formula is C10H20N2OS. The smallest absolute Gasteiger partial charge is 0.0895 e. The Morgan fingerprint density at radius 3 is 2.64 bits per heavy atom. The average Bonchev–Trinajstić information content (AvgIpc) is 2.98. The van der Waals surface area contributed by atoms with Crippen molar-refractivity contribution in [3.63, 3.8) is 0 Å².